The van der Waals surface area contributed by atoms with Crippen molar-refractivity contribution in [2.45, 2.75) is 25.5 Å². The van der Waals surface area contributed by atoms with Gasteiger partial charge in [-0.1, -0.05) is 36.4 Å². The third-order valence-electron chi connectivity index (χ3n) is 6.44. The number of rotatable bonds is 5. The van der Waals surface area contributed by atoms with Gasteiger partial charge in [0.05, 0.1) is 6.10 Å². The number of nitrogens with zero attached hydrogens (tertiary/aromatic N) is 3. The van der Waals surface area contributed by atoms with Crippen molar-refractivity contribution < 1.29 is 14.3 Å². The summed E-state index contributed by atoms with van der Waals surface area (Å²) in [6.45, 7) is 3.21. The first-order chi connectivity index (χ1) is 15.6. The van der Waals surface area contributed by atoms with E-state index in [0.717, 1.165) is 36.2 Å². The predicted octanol–water partition coefficient (Wildman–Crippen LogP) is 3.31. The molecule has 0 radical (unpaired) electrons. The highest BCUT2D eigenvalue weighted by Crippen LogP contribution is 2.27. The number of β-amino-alcohol motifs (C(OH)–C–C–N with tert-alkyl or cyclic N) is 1. The highest BCUT2D eigenvalue weighted by atomic mass is 19.1. The van der Waals surface area contributed by atoms with Crippen molar-refractivity contribution in [3.8, 4) is 11.1 Å². The van der Waals surface area contributed by atoms with Gasteiger partial charge in [0.25, 0.3) is 5.91 Å². The van der Waals surface area contributed by atoms with Crippen LogP contribution in [-0.4, -0.2) is 58.1 Å². The summed E-state index contributed by atoms with van der Waals surface area (Å²) >= 11 is 0. The molecule has 0 spiro atoms. The lowest BCUT2D eigenvalue weighted by Gasteiger charge is -2.34. The minimum absolute atomic E-state index is 0.0539. The quantitative estimate of drug-likeness (QED) is 0.630. The number of halogens is 1. The van der Waals surface area contributed by atoms with Crippen molar-refractivity contribution >= 4 is 5.91 Å². The van der Waals surface area contributed by atoms with Crippen LogP contribution in [-0.2, 0) is 19.4 Å². The van der Waals surface area contributed by atoms with Crippen molar-refractivity contribution in [2.75, 3.05) is 26.2 Å². The van der Waals surface area contributed by atoms with E-state index in [9.17, 15) is 14.3 Å². The smallest absolute Gasteiger partial charge is 0.254 e. The summed E-state index contributed by atoms with van der Waals surface area (Å²) in [7, 11) is 0. The average Bonchev–Trinajstić information content (AvgIpc) is 2.80. The summed E-state index contributed by atoms with van der Waals surface area (Å²) < 4.78 is 13.5. The lowest BCUT2D eigenvalue weighted by molar-refractivity contribution is 0.0493. The fourth-order valence-corrected chi connectivity index (χ4v) is 4.79. The Kier molecular flexibility index (Phi) is 5.72. The first-order valence-electron chi connectivity index (χ1n) is 11.1. The second-order valence-corrected chi connectivity index (χ2v) is 8.65. The highest BCUT2D eigenvalue weighted by Gasteiger charge is 2.27. The van der Waals surface area contributed by atoms with E-state index in [0.29, 0.717) is 31.6 Å². The second-order valence-electron chi connectivity index (χ2n) is 8.65. The summed E-state index contributed by atoms with van der Waals surface area (Å²) in [5.41, 5.74) is 5.94. The van der Waals surface area contributed by atoms with E-state index in [-0.39, 0.29) is 5.91 Å². The molecule has 1 atom stereocenters. The van der Waals surface area contributed by atoms with Crippen molar-refractivity contribution in [3.63, 3.8) is 0 Å². The maximum atomic E-state index is 13.5. The Bertz CT molecular complexity index is 1150. The molecule has 0 bridgehead atoms. The van der Waals surface area contributed by atoms with Crippen LogP contribution >= 0.6 is 0 Å². The van der Waals surface area contributed by atoms with Crippen molar-refractivity contribution in [2.24, 2.45) is 0 Å². The summed E-state index contributed by atoms with van der Waals surface area (Å²) in [4.78, 5) is 20.6. The van der Waals surface area contributed by atoms with E-state index in [2.05, 4.69) is 34.1 Å². The fraction of sp³-hybridized carbons (Fsp3) is 0.308. The molecule has 2 aliphatic heterocycles. The van der Waals surface area contributed by atoms with Gasteiger partial charge in [0.15, 0.2) is 0 Å². The third-order valence-corrected chi connectivity index (χ3v) is 6.44. The maximum absolute atomic E-state index is 13.5. The summed E-state index contributed by atoms with van der Waals surface area (Å²) in [6.07, 6.45) is 2.55. The average molecular weight is 432 g/mol. The molecule has 6 heteroatoms. The minimum Gasteiger partial charge on any atom is -0.390 e. The number of carbonyl (C=O) groups is 1. The minimum atomic E-state index is -0.593. The van der Waals surface area contributed by atoms with Crippen LogP contribution in [0.1, 0.15) is 27.0 Å². The Morgan fingerprint density at radius 2 is 1.72 bits per heavy atom. The maximum Gasteiger partial charge on any atom is 0.254 e. The fourth-order valence-electron chi connectivity index (χ4n) is 4.79. The van der Waals surface area contributed by atoms with Gasteiger partial charge in [-0.15, -0.1) is 0 Å². The molecule has 5 nitrogen and oxygen atoms in total. The summed E-state index contributed by atoms with van der Waals surface area (Å²) in [5.74, 6) is -0.574. The van der Waals surface area contributed by atoms with Crippen LogP contribution in [0.25, 0.3) is 11.1 Å². The molecule has 0 fully saturated rings. The molecule has 2 aromatic carbocycles. The topological polar surface area (TPSA) is 56.7 Å². The van der Waals surface area contributed by atoms with Gasteiger partial charge in [-0.2, -0.15) is 4.39 Å². The number of fused-ring (bicyclic) bond motifs is 2. The molecule has 32 heavy (non-hydrogen) atoms. The molecule has 0 aliphatic carbocycles. The van der Waals surface area contributed by atoms with Crippen LogP contribution in [0, 0.1) is 5.95 Å². The van der Waals surface area contributed by atoms with E-state index in [4.69, 9.17) is 0 Å². The molecule has 5 rings (SSSR count). The van der Waals surface area contributed by atoms with Crippen molar-refractivity contribution in [1.29, 1.82) is 0 Å². The molecule has 0 unspecified atom stereocenters. The van der Waals surface area contributed by atoms with E-state index in [1.807, 2.05) is 18.2 Å². The molecule has 3 aromatic rings. The van der Waals surface area contributed by atoms with E-state index in [1.165, 1.54) is 23.4 Å². The molecule has 1 N–H and O–H groups in total. The molecule has 0 saturated carbocycles. The van der Waals surface area contributed by atoms with Crippen LogP contribution in [0.5, 0.6) is 0 Å². The van der Waals surface area contributed by atoms with E-state index < -0.39 is 12.1 Å². The first-order valence-corrected chi connectivity index (χ1v) is 11.1. The standard InChI is InChI=1S/C26H26FN3O2/c27-25-14-20(7-10-28-25)19-5-6-24-21(13-19)9-12-30(26(24)32)17-23(31)16-29-11-8-18-3-1-2-4-22(18)15-29/h1-7,10,13-14,23,31H,8-9,11-12,15-17H2/t23-/m1/s1. The SMILES string of the molecule is O=C1c2ccc(-c3ccnc(F)c3)cc2CCN1C[C@H](O)CN1CCc2ccccc2C1. The third kappa shape index (κ3) is 4.29. The number of aromatic nitrogens is 1. The van der Waals surface area contributed by atoms with Crippen LogP contribution in [0.3, 0.4) is 0 Å². The van der Waals surface area contributed by atoms with Gasteiger partial charge < -0.3 is 10.0 Å². The van der Waals surface area contributed by atoms with Crippen LogP contribution < -0.4 is 0 Å². The molecular weight excluding hydrogens is 405 g/mol. The van der Waals surface area contributed by atoms with Gasteiger partial charge in [-0.3, -0.25) is 9.69 Å². The van der Waals surface area contributed by atoms with E-state index in [1.54, 1.807) is 11.0 Å². The monoisotopic (exact) mass is 431 g/mol. The number of amides is 1. The number of hydrogen-bond donors (Lipinski definition) is 1. The normalized spacial score (nSPS) is 17.1. The largest absolute Gasteiger partial charge is 0.390 e. The summed E-state index contributed by atoms with van der Waals surface area (Å²) in [6, 6.07) is 17.2. The van der Waals surface area contributed by atoms with Gasteiger partial charge in [-0.25, -0.2) is 4.98 Å². The Labute approximate surface area is 187 Å². The van der Waals surface area contributed by atoms with Crippen LogP contribution in [0.15, 0.2) is 60.8 Å². The van der Waals surface area contributed by atoms with Gasteiger partial charge in [0.1, 0.15) is 0 Å². The van der Waals surface area contributed by atoms with Gasteiger partial charge in [-0.05, 0) is 52.8 Å². The Morgan fingerprint density at radius 3 is 2.56 bits per heavy atom. The Hall–Kier alpha value is -3.09. The first kappa shape index (κ1) is 20.8. The molecule has 164 valence electrons. The molecular formula is C26H26FN3O2. The lowest BCUT2D eigenvalue weighted by Crippen LogP contribution is -2.46. The van der Waals surface area contributed by atoms with Gasteiger partial charge in [0.2, 0.25) is 5.95 Å². The molecule has 2 aliphatic rings. The lowest BCUT2D eigenvalue weighted by atomic mass is 9.94. The number of benzene rings is 2. The Balaban J connectivity index is 1.23. The number of aliphatic hydroxyl groups excluding tert-OH is 1. The van der Waals surface area contributed by atoms with Gasteiger partial charge >= 0.3 is 0 Å². The molecule has 3 heterocycles. The summed E-state index contributed by atoms with van der Waals surface area (Å²) in [5, 5.41) is 10.7. The Morgan fingerprint density at radius 1 is 0.938 bits per heavy atom. The van der Waals surface area contributed by atoms with Crippen molar-refractivity contribution in [1.82, 2.24) is 14.8 Å². The van der Waals surface area contributed by atoms with Crippen LogP contribution in [0.2, 0.25) is 0 Å². The second kappa shape index (κ2) is 8.81. The zero-order valence-electron chi connectivity index (χ0n) is 17.9. The van der Waals surface area contributed by atoms with Crippen molar-refractivity contribution in [3.05, 3.63) is 89.0 Å². The molecule has 0 saturated heterocycles. The number of aliphatic hydroxyl groups is 1. The number of pyridine rings is 1. The van der Waals surface area contributed by atoms with E-state index >= 15 is 0 Å². The predicted molar refractivity (Wildman–Crippen MR) is 121 cm³/mol. The zero-order chi connectivity index (χ0) is 22.1. The van der Waals surface area contributed by atoms with Crippen LogP contribution in [0.4, 0.5) is 4.39 Å². The number of hydrogen-bond acceptors (Lipinski definition) is 4. The van der Waals surface area contributed by atoms with Gasteiger partial charge in [0, 0.05) is 50.6 Å². The molecule has 1 aromatic heterocycles. The zero-order valence-corrected chi connectivity index (χ0v) is 17.9. The molecule has 1 amide bonds. The number of carbonyl (C=O) groups excluding carboxylic acids is 1. The highest BCUT2D eigenvalue weighted by molar-refractivity contribution is 5.97.